The van der Waals surface area contributed by atoms with E-state index in [1.807, 2.05) is 6.92 Å². The van der Waals surface area contributed by atoms with Crippen LogP contribution in [0.25, 0.3) is 0 Å². The molecule has 5 heteroatoms. The van der Waals surface area contributed by atoms with Gasteiger partial charge in [-0.25, -0.2) is 4.98 Å². The first-order valence-electron chi connectivity index (χ1n) is 5.09. The SMILES string of the molecule is CC(N)CCNc1nc(C2CC2)ns1. The molecule has 1 aliphatic carbocycles. The van der Waals surface area contributed by atoms with Gasteiger partial charge in [0.25, 0.3) is 0 Å². The largest absolute Gasteiger partial charge is 0.360 e. The molecule has 1 aliphatic rings. The van der Waals surface area contributed by atoms with Crippen LogP contribution in [0.2, 0.25) is 0 Å². The Labute approximate surface area is 88.1 Å². The summed E-state index contributed by atoms with van der Waals surface area (Å²) in [6.45, 7) is 2.90. The number of anilines is 1. The molecule has 0 amide bonds. The normalized spacial score (nSPS) is 18.1. The highest BCUT2D eigenvalue weighted by Gasteiger charge is 2.27. The van der Waals surface area contributed by atoms with Crippen LogP contribution >= 0.6 is 11.5 Å². The highest BCUT2D eigenvalue weighted by molar-refractivity contribution is 7.09. The highest BCUT2D eigenvalue weighted by Crippen LogP contribution is 2.39. The second kappa shape index (κ2) is 4.23. The number of hydrogen-bond donors (Lipinski definition) is 2. The molecule has 3 N–H and O–H groups in total. The summed E-state index contributed by atoms with van der Waals surface area (Å²) in [5.41, 5.74) is 5.65. The van der Waals surface area contributed by atoms with Gasteiger partial charge in [0, 0.05) is 30.0 Å². The molecular weight excluding hydrogens is 196 g/mol. The van der Waals surface area contributed by atoms with Gasteiger partial charge in [-0.05, 0) is 26.2 Å². The lowest BCUT2D eigenvalue weighted by atomic mass is 10.2. The van der Waals surface area contributed by atoms with Crippen LogP contribution in [0.5, 0.6) is 0 Å². The number of rotatable bonds is 5. The minimum atomic E-state index is 0.248. The van der Waals surface area contributed by atoms with Gasteiger partial charge in [-0.3, -0.25) is 0 Å². The van der Waals surface area contributed by atoms with Gasteiger partial charge in [-0.1, -0.05) is 0 Å². The van der Waals surface area contributed by atoms with Crippen LogP contribution < -0.4 is 11.1 Å². The van der Waals surface area contributed by atoms with Gasteiger partial charge in [0.15, 0.2) is 0 Å². The molecule has 0 bridgehead atoms. The fourth-order valence-electron chi connectivity index (χ4n) is 1.22. The third-order valence-electron chi connectivity index (χ3n) is 2.26. The molecule has 2 rings (SSSR count). The Hall–Kier alpha value is -0.680. The summed E-state index contributed by atoms with van der Waals surface area (Å²) in [5, 5.41) is 4.18. The molecule has 0 aliphatic heterocycles. The topological polar surface area (TPSA) is 63.8 Å². The first kappa shape index (κ1) is 9.86. The van der Waals surface area contributed by atoms with Gasteiger partial charge in [-0.15, -0.1) is 0 Å². The standard InChI is InChI=1S/C9H16N4S/c1-6(10)4-5-11-9-12-8(13-14-9)7-2-3-7/h6-7H,2-5,10H2,1H3,(H,11,12,13). The highest BCUT2D eigenvalue weighted by atomic mass is 32.1. The van der Waals surface area contributed by atoms with E-state index >= 15 is 0 Å². The lowest BCUT2D eigenvalue weighted by Crippen LogP contribution is -2.19. The van der Waals surface area contributed by atoms with E-state index < -0.39 is 0 Å². The zero-order valence-corrected chi connectivity index (χ0v) is 9.18. The van der Waals surface area contributed by atoms with Crippen molar-refractivity contribution in [1.82, 2.24) is 9.36 Å². The number of nitrogens with zero attached hydrogens (tertiary/aromatic N) is 2. The van der Waals surface area contributed by atoms with Crippen molar-refractivity contribution in [1.29, 1.82) is 0 Å². The maximum atomic E-state index is 5.65. The van der Waals surface area contributed by atoms with Crippen molar-refractivity contribution < 1.29 is 0 Å². The van der Waals surface area contributed by atoms with Crippen molar-refractivity contribution >= 4 is 16.7 Å². The Morgan fingerprint density at radius 1 is 1.64 bits per heavy atom. The molecule has 14 heavy (non-hydrogen) atoms. The van der Waals surface area contributed by atoms with Crippen LogP contribution in [-0.2, 0) is 0 Å². The fourth-order valence-corrected chi connectivity index (χ4v) is 1.89. The monoisotopic (exact) mass is 212 g/mol. The zero-order chi connectivity index (χ0) is 9.97. The molecule has 0 saturated heterocycles. The number of aromatic nitrogens is 2. The molecule has 0 spiro atoms. The Morgan fingerprint density at radius 3 is 3.07 bits per heavy atom. The minimum absolute atomic E-state index is 0.248. The smallest absolute Gasteiger partial charge is 0.202 e. The third kappa shape index (κ3) is 2.65. The van der Waals surface area contributed by atoms with E-state index in [0.29, 0.717) is 5.92 Å². The molecule has 1 heterocycles. The van der Waals surface area contributed by atoms with Gasteiger partial charge < -0.3 is 11.1 Å². The Morgan fingerprint density at radius 2 is 2.43 bits per heavy atom. The van der Waals surface area contributed by atoms with E-state index in [2.05, 4.69) is 14.7 Å². The first-order chi connectivity index (χ1) is 6.75. The Bertz CT molecular complexity index is 293. The lowest BCUT2D eigenvalue weighted by Gasteiger charge is -2.04. The molecule has 1 atom stereocenters. The van der Waals surface area contributed by atoms with Crippen molar-refractivity contribution in [2.24, 2.45) is 5.73 Å². The summed E-state index contributed by atoms with van der Waals surface area (Å²) < 4.78 is 4.31. The summed E-state index contributed by atoms with van der Waals surface area (Å²) in [6.07, 6.45) is 3.49. The number of hydrogen-bond acceptors (Lipinski definition) is 5. The molecule has 0 aromatic carbocycles. The molecule has 0 radical (unpaired) electrons. The van der Waals surface area contributed by atoms with Crippen molar-refractivity contribution in [2.45, 2.75) is 38.1 Å². The van der Waals surface area contributed by atoms with Gasteiger partial charge in [0.2, 0.25) is 5.13 Å². The fraction of sp³-hybridized carbons (Fsp3) is 0.778. The van der Waals surface area contributed by atoms with Crippen LogP contribution in [-0.4, -0.2) is 21.9 Å². The summed E-state index contributed by atoms with van der Waals surface area (Å²) in [4.78, 5) is 4.42. The molecule has 78 valence electrons. The van der Waals surface area contributed by atoms with Gasteiger partial charge >= 0.3 is 0 Å². The molecule has 1 saturated carbocycles. The van der Waals surface area contributed by atoms with E-state index in [4.69, 9.17) is 5.73 Å². The van der Waals surface area contributed by atoms with Gasteiger partial charge in [0.1, 0.15) is 5.82 Å². The second-order valence-electron chi connectivity index (χ2n) is 3.92. The van der Waals surface area contributed by atoms with Gasteiger partial charge in [-0.2, -0.15) is 4.37 Å². The molecular formula is C9H16N4S. The average molecular weight is 212 g/mol. The quantitative estimate of drug-likeness (QED) is 0.777. The molecule has 1 aromatic rings. The lowest BCUT2D eigenvalue weighted by molar-refractivity contribution is 0.690. The van der Waals surface area contributed by atoms with Crippen LogP contribution in [0.1, 0.15) is 37.9 Å². The Balaban J connectivity index is 1.78. The summed E-state index contributed by atoms with van der Waals surface area (Å²) in [6, 6.07) is 0.248. The maximum Gasteiger partial charge on any atom is 0.202 e. The predicted molar refractivity (Wildman–Crippen MR) is 58.6 cm³/mol. The molecule has 4 nitrogen and oxygen atoms in total. The van der Waals surface area contributed by atoms with E-state index in [1.54, 1.807) is 0 Å². The summed E-state index contributed by atoms with van der Waals surface area (Å²) >= 11 is 1.46. The van der Waals surface area contributed by atoms with E-state index in [-0.39, 0.29) is 6.04 Å². The van der Waals surface area contributed by atoms with Crippen LogP contribution in [0.4, 0.5) is 5.13 Å². The maximum absolute atomic E-state index is 5.65. The van der Waals surface area contributed by atoms with Crippen LogP contribution in [0, 0.1) is 0 Å². The molecule has 1 unspecified atom stereocenters. The Kier molecular flexibility index (Phi) is 2.98. The van der Waals surface area contributed by atoms with Crippen molar-refractivity contribution in [3.63, 3.8) is 0 Å². The molecule has 1 aromatic heterocycles. The van der Waals surface area contributed by atoms with E-state index in [1.165, 1.54) is 24.4 Å². The van der Waals surface area contributed by atoms with Gasteiger partial charge in [0.05, 0.1) is 0 Å². The predicted octanol–water partition coefficient (Wildman–Crippen LogP) is 1.56. The van der Waals surface area contributed by atoms with Crippen molar-refractivity contribution in [3.05, 3.63) is 5.82 Å². The minimum Gasteiger partial charge on any atom is -0.360 e. The number of nitrogens with two attached hydrogens (primary N) is 1. The first-order valence-corrected chi connectivity index (χ1v) is 5.86. The van der Waals surface area contributed by atoms with E-state index in [9.17, 15) is 0 Å². The van der Waals surface area contributed by atoms with Crippen molar-refractivity contribution in [3.8, 4) is 0 Å². The average Bonchev–Trinajstić information content (AvgIpc) is 2.87. The second-order valence-corrected chi connectivity index (χ2v) is 4.68. The van der Waals surface area contributed by atoms with Crippen molar-refractivity contribution in [2.75, 3.05) is 11.9 Å². The zero-order valence-electron chi connectivity index (χ0n) is 8.36. The number of nitrogens with one attached hydrogen (secondary N) is 1. The molecule has 1 fully saturated rings. The summed E-state index contributed by atoms with van der Waals surface area (Å²) in [7, 11) is 0. The van der Waals surface area contributed by atoms with Crippen LogP contribution in [0.3, 0.4) is 0 Å². The van der Waals surface area contributed by atoms with E-state index in [0.717, 1.165) is 23.9 Å². The van der Waals surface area contributed by atoms with Crippen LogP contribution in [0.15, 0.2) is 0 Å². The third-order valence-corrected chi connectivity index (χ3v) is 2.95. The summed E-state index contributed by atoms with van der Waals surface area (Å²) in [5.74, 6) is 1.67.